The highest BCUT2D eigenvalue weighted by Gasteiger charge is 2.30. The van der Waals surface area contributed by atoms with Gasteiger partial charge in [-0.05, 0) is 60.7 Å². The molecule has 0 aliphatic heterocycles. The Hall–Kier alpha value is -3.12. The van der Waals surface area contributed by atoms with Crippen molar-refractivity contribution in [2.75, 3.05) is 13.2 Å². The van der Waals surface area contributed by atoms with Crippen LogP contribution in [0.4, 0.5) is 0 Å². The van der Waals surface area contributed by atoms with E-state index in [0.717, 1.165) is 33.1 Å². The number of carbonyl (C=O) groups excluding carboxylic acids is 2. The maximum atomic E-state index is 13.6. The van der Waals surface area contributed by atoms with Gasteiger partial charge in [-0.1, -0.05) is 77.5 Å². The van der Waals surface area contributed by atoms with Crippen LogP contribution in [0.1, 0.15) is 35.6 Å². The first-order valence-corrected chi connectivity index (χ1v) is 12.7. The molecule has 1 N–H and O–H groups in total. The number of carbonyl (C=O) groups is 2. The molecule has 0 aliphatic rings. The molecule has 0 fully saturated rings. The molecule has 2 amide bonds. The molecule has 6 heteroatoms. The average molecular weight is 537 g/mol. The number of halogens is 1. The van der Waals surface area contributed by atoms with Crippen molar-refractivity contribution in [1.29, 1.82) is 0 Å². The molecular weight excluding hydrogens is 504 g/mol. The standard InChI is InChI=1S/C29H33BrN2O3/c1-4-16-31-29(34)26(18-23-11-6-5-7-12-23)32(19-24-13-9-14-25(30)17-24)28(33)20-35-27-15-8-10-21(2)22(27)3/h5-15,17,26H,4,16,18-20H2,1-3H3,(H,31,34). The number of rotatable bonds is 11. The van der Waals surface area contributed by atoms with E-state index in [9.17, 15) is 9.59 Å². The Morgan fingerprint density at radius 3 is 2.40 bits per heavy atom. The van der Waals surface area contributed by atoms with Crippen LogP contribution < -0.4 is 10.1 Å². The highest BCUT2D eigenvalue weighted by atomic mass is 79.9. The lowest BCUT2D eigenvalue weighted by Gasteiger charge is -2.31. The molecule has 1 atom stereocenters. The molecule has 35 heavy (non-hydrogen) atoms. The largest absolute Gasteiger partial charge is 0.483 e. The summed E-state index contributed by atoms with van der Waals surface area (Å²) in [6, 6.07) is 22.7. The van der Waals surface area contributed by atoms with Crippen LogP contribution in [0, 0.1) is 13.8 Å². The van der Waals surface area contributed by atoms with Crippen LogP contribution in [0.3, 0.4) is 0 Å². The molecule has 3 aromatic rings. The molecule has 3 aromatic carbocycles. The van der Waals surface area contributed by atoms with Crippen LogP contribution in [0.15, 0.2) is 77.3 Å². The van der Waals surface area contributed by atoms with Gasteiger partial charge in [-0.2, -0.15) is 0 Å². The van der Waals surface area contributed by atoms with Crippen molar-refractivity contribution in [2.24, 2.45) is 0 Å². The summed E-state index contributed by atoms with van der Waals surface area (Å²) in [5.74, 6) is 0.278. The number of nitrogens with zero attached hydrogens (tertiary/aromatic N) is 1. The van der Waals surface area contributed by atoms with E-state index in [1.807, 2.05) is 93.6 Å². The van der Waals surface area contributed by atoms with E-state index in [4.69, 9.17) is 4.74 Å². The van der Waals surface area contributed by atoms with E-state index in [1.54, 1.807) is 4.90 Å². The molecule has 0 spiro atoms. The van der Waals surface area contributed by atoms with Gasteiger partial charge in [0.1, 0.15) is 11.8 Å². The van der Waals surface area contributed by atoms with Gasteiger partial charge in [0.25, 0.3) is 5.91 Å². The van der Waals surface area contributed by atoms with Crippen LogP contribution in [0.2, 0.25) is 0 Å². The summed E-state index contributed by atoms with van der Waals surface area (Å²) in [6.45, 7) is 6.70. The Labute approximate surface area is 216 Å². The quantitative estimate of drug-likeness (QED) is 0.346. The molecule has 3 rings (SSSR count). The lowest BCUT2D eigenvalue weighted by Crippen LogP contribution is -2.51. The molecular formula is C29H33BrN2O3. The fourth-order valence-electron chi connectivity index (χ4n) is 3.85. The minimum absolute atomic E-state index is 0.148. The van der Waals surface area contributed by atoms with Gasteiger partial charge in [-0.3, -0.25) is 9.59 Å². The predicted molar refractivity (Wildman–Crippen MR) is 143 cm³/mol. The molecule has 0 aromatic heterocycles. The highest BCUT2D eigenvalue weighted by molar-refractivity contribution is 9.10. The van der Waals surface area contributed by atoms with Crippen LogP contribution in [0.5, 0.6) is 5.75 Å². The number of hydrogen-bond acceptors (Lipinski definition) is 3. The van der Waals surface area contributed by atoms with E-state index < -0.39 is 6.04 Å². The predicted octanol–water partition coefficient (Wildman–Crippen LogP) is 5.61. The van der Waals surface area contributed by atoms with Gasteiger partial charge < -0.3 is 15.0 Å². The Bertz CT molecular complexity index is 1130. The van der Waals surface area contributed by atoms with Crippen molar-refractivity contribution in [1.82, 2.24) is 10.2 Å². The maximum Gasteiger partial charge on any atom is 0.261 e. The Kier molecular flexibility index (Phi) is 9.91. The van der Waals surface area contributed by atoms with Crippen molar-refractivity contribution in [2.45, 2.75) is 46.2 Å². The third-order valence-electron chi connectivity index (χ3n) is 5.97. The van der Waals surface area contributed by atoms with Gasteiger partial charge in [-0.15, -0.1) is 0 Å². The maximum absolute atomic E-state index is 13.6. The molecule has 0 bridgehead atoms. The van der Waals surface area contributed by atoms with Crippen LogP contribution in [-0.4, -0.2) is 35.9 Å². The molecule has 5 nitrogen and oxygen atoms in total. The Morgan fingerprint density at radius 1 is 0.971 bits per heavy atom. The number of amides is 2. The van der Waals surface area contributed by atoms with Gasteiger partial charge in [0.15, 0.2) is 6.61 Å². The number of ether oxygens (including phenoxy) is 1. The first-order valence-electron chi connectivity index (χ1n) is 11.9. The molecule has 0 radical (unpaired) electrons. The molecule has 1 unspecified atom stereocenters. The van der Waals surface area contributed by atoms with E-state index in [0.29, 0.717) is 25.3 Å². The van der Waals surface area contributed by atoms with Crippen LogP contribution >= 0.6 is 15.9 Å². The molecule has 0 heterocycles. The monoisotopic (exact) mass is 536 g/mol. The Balaban J connectivity index is 1.91. The second-order valence-electron chi connectivity index (χ2n) is 8.63. The lowest BCUT2D eigenvalue weighted by atomic mass is 10.0. The fourth-order valence-corrected chi connectivity index (χ4v) is 4.30. The van der Waals surface area contributed by atoms with E-state index in [-0.39, 0.29) is 18.4 Å². The zero-order valence-electron chi connectivity index (χ0n) is 20.6. The Morgan fingerprint density at radius 2 is 1.69 bits per heavy atom. The summed E-state index contributed by atoms with van der Waals surface area (Å²) in [5.41, 5.74) is 4.02. The van der Waals surface area contributed by atoms with Gasteiger partial charge in [0.2, 0.25) is 5.91 Å². The summed E-state index contributed by atoms with van der Waals surface area (Å²) in [4.78, 5) is 28.6. The number of aryl methyl sites for hydroxylation is 1. The van der Waals surface area contributed by atoms with Crippen molar-refractivity contribution >= 4 is 27.7 Å². The summed E-state index contributed by atoms with van der Waals surface area (Å²) >= 11 is 3.51. The van der Waals surface area contributed by atoms with Gasteiger partial charge in [-0.25, -0.2) is 0 Å². The van der Waals surface area contributed by atoms with Crippen molar-refractivity contribution in [3.63, 3.8) is 0 Å². The number of nitrogens with one attached hydrogen (secondary N) is 1. The van der Waals surface area contributed by atoms with Crippen molar-refractivity contribution in [3.05, 3.63) is 99.5 Å². The fraction of sp³-hybridized carbons (Fsp3) is 0.310. The zero-order chi connectivity index (χ0) is 25.2. The summed E-state index contributed by atoms with van der Waals surface area (Å²) in [7, 11) is 0. The molecule has 0 aliphatic carbocycles. The molecule has 184 valence electrons. The first kappa shape index (κ1) is 26.5. The first-order chi connectivity index (χ1) is 16.9. The second kappa shape index (κ2) is 13.1. The van der Waals surface area contributed by atoms with Crippen molar-refractivity contribution in [3.8, 4) is 5.75 Å². The smallest absolute Gasteiger partial charge is 0.261 e. The molecule has 0 saturated carbocycles. The van der Waals surface area contributed by atoms with E-state index >= 15 is 0 Å². The normalized spacial score (nSPS) is 11.5. The summed E-state index contributed by atoms with van der Waals surface area (Å²) in [5, 5.41) is 2.99. The molecule has 0 saturated heterocycles. The number of hydrogen-bond donors (Lipinski definition) is 1. The van der Waals surface area contributed by atoms with E-state index in [2.05, 4.69) is 21.2 Å². The number of benzene rings is 3. The van der Waals surface area contributed by atoms with Gasteiger partial charge in [0.05, 0.1) is 0 Å². The topological polar surface area (TPSA) is 58.6 Å². The minimum Gasteiger partial charge on any atom is -0.483 e. The SMILES string of the molecule is CCCNC(=O)C(Cc1ccccc1)N(Cc1cccc(Br)c1)C(=O)COc1cccc(C)c1C. The zero-order valence-corrected chi connectivity index (χ0v) is 22.2. The lowest BCUT2D eigenvalue weighted by molar-refractivity contribution is -0.142. The van der Waals surface area contributed by atoms with Gasteiger partial charge in [0, 0.05) is 24.0 Å². The van der Waals surface area contributed by atoms with Crippen LogP contribution in [0.25, 0.3) is 0 Å². The third-order valence-corrected chi connectivity index (χ3v) is 6.46. The average Bonchev–Trinajstić information content (AvgIpc) is 2.86. The van der Waals surface area contributed by atoms with Gasteiger partial charge >= 0.3 is 0 Å². The summed E-state index contributed by atoms with van der Waals surface area (Å²) in [6.07, 6.45) is 1.23. The highest BCUT2D eigenvalue weighted by Crippen LogP contribution is 2.22. The summed E-state index contributed by atoms with van der Waals surface area (Å²) < 4.78 is 6.87. The van der Waals surface area contributed by atoms with Crippen molar-refractivity contribution < 1.29 is 14.3 Å². The minimum atomic E-state index is -0.669. The third kappa shape index (κ3) is 7.69. The van der Waals surface area contributed by atoms with Crippen LogP contribution in [-0.2, 0) is 22.6 Å². The van der Waals surface area contributed by atoms with E-state index in [1.165, 1.54) is 0 Å². The second-order valence-corrected chi connectivity index (χ2v) is 9.55.